The van der Waals surface area contributed by atoms with Crippen molar-refractivity contribution < 1.29 is 19.1 Å². The van der Waals surface area contributed by atoms with Crippen LogP contribution in [0.5, 0.6) is 0 Å². The number of allylic oxidation sites excluding steroid dienone is 6. The lowest BCUT2D eigenvalue weighted by Gasteiger charge is -2.48. The van der Waals surface area contributed by atoms with Gasteiger partial charge < -0.3 is 4.74 Å². The third kappa shape index (κ3) is 7.56. The van der Waals surface area contributed by atoms with E-state index in [9.17, 15) is 14.4 Å². The van der Waals surface area contributed by atoms with Crippen molar-refractivity contribution >= 4 is 17.5 Å². The summed E-state index contributed by atoms with van der Waals surface area (Å²) >= 11 is 0. The number of hydrogen-bond acceptors (Lipinski definition) is 4. The van der Waals surface area contributed by atoms with Crippen LogP contribution in [0.2, 0.25) is 0 Å². The first-order valence-corrected chi connectivity index (χ1v) is 12.0. The summed E-state index contributed by atoms with van der Waals surface area (Å²) in [6.45, 7) is 16.3. The van der Waals surface area contributed by atoms with Crippen LogP contribution < -0.4 is 0 Å². The summed E-state index contributed by atoms with van der Waals surface area (Å²) in [6.07, 6.45) is 9.62. The van der Waals surface area contributed by atoms with E-state index >= 15 is 0 Å². The van der Waals surface area contributed by atoms with Gasteiger partial charge in [0, 0.05) is 18.8 Å². The van der Waals surface area contributed by atoms with Crippen LogP contribution in [-0.2, 0) is 19.1 Å². The van der Waals surface area contributed by atoms with E-state index in [1.807, 2.05) is 33.8 Å². The van der Waals surface area contributed by atoms with Crippen LogP contribution in [0.3, 0.4) is 0 Å². The second-order valence-corrected chi connectivity index (χ2v) is 10.4. The number of ketones is 2. The third-order valence-corrected chi connectivity index (χ3v) is 6.68. The molecule has 1 rings (SSSR count). The normalized spacial score (nSPS) is 25.2. The van der Waals surface area contributed by atoms with Crippen LogP contribution in [-0.4, -0.2) is 24.1 Å². The Kier molecular flexibility index (Phi) is 10.8. The average Bonchev–Trinajstić information content (AvgIpc) is 2.66. The molecule has 0 unspecified atom stereocenters. The van der Waals surface area contributed by atoms with Crippen LogP contribution in [0.1, 0.15) is 100 Å². The number of esters is 1. The maximum absolute atomic E-state index is 14.1. The van der Waals surface area contributed by atoms with Gasteiger partial charge in [0.1, 0.15) is 5.78 Å². The highest BCUT2D eigenvalue weighted by Gasteiger charge is 2.57. The van der Waals surface area contributed by atoms with Crippen molar-refractivity contribution in [3.05, 3.63) is 34.9 Å². The molecular weight excluding hydrogens is 400 g/mol. The van der Waals surface area contributed by atoms with E-state index in [0.717, 1.165) is 18.4 Å². The van der Waals surface area contributed by atoms with Gasteiger partial charge in [-0.1, -0.05) is 41.9 Å². The molecule has 0 radical (unpaired) electrons. The standard InChI is InChI=1S/C28H44O4/c1-9-32-25(30)15-18-28(17-14-22(6)7)24(29)19-27(8,16-10-11-20(2)3)23(26(28)31)13-12-21(4)5/h11-12,14,23H,9-10,13,15-19H2,1-8H3/t23-,27-,28-/m0/s1. The van der Waals surface area contributed by atoms with Crippen LogP contribution >= 0.6 is 0 Å². The summed E-state index contributed by atoms with van der Waals surface area (Å²) in [4.78, 5) is 39.9. The Morgan fingerprint density at radius 3 is 2.09 bits per heavy atom. The van der Waals surface area contributed by atoms with E-state index < -0.39 is 5.41 Å². The first-order chi connectivity index (χ1) is 14.9. The van der Waals surface area contributed by atoms with Crippen LogP contribution in [0.15, 0.2) is 34.9 Å². The van der Waals surface area contributed by atoms with Crippen molar-refractivity contribution in [1.82, 2.24) is 0 Å². The van der Waals surface area contributed by atoms with Crippen LogP contribution in [0.25, 0.3) is 0 Å². The highest BCUT2D eigenvalue weighted by atomic mass is 16.5. The van der Waals surface area contributed by atoms with E-state index in [0.29, 0.717) is 25.9 Å². The van der Waals surface area contributed by atoms with Crippen molar-refractivity contribution in [2.75, 3.05) is 6.61 Å². The summed E-state index contributed by atoms with van der Waals surface area (Å²) in [5.74, 6) is -0.596. The summed E-state index contributed by atoms with van der Waals surface area (Å²) < 4.78 is 5.10. The summed E-state index contributed by atoms with van der Waals surface area (Å²) in [5.41, 5.74) is 1.96. The van der Waals surface area contributed by atoms with Crippen LogP contribution in [0, 0.1) is 16.7 Å². The van der Waals surface area contributed by atoms with Gasteiger partial charge in [-0.15, -0.1) is 0 Å². The van der Waals surface area contributed by atoms with Gasteiger partial charge in [0.25, 0.3) is 0 Å². The Hall–Kier alpha value is -1.97. The topological polar surface area (TPSA) is 60.4 Å². The highest BCUT2D eigenvalue weighted by Crippen LogP contribution is 2.52. The largest absolute Gasteiger partial charge is 0.466 e. The van der Waals surface area contributed by atoms with E-state index in [1.54, 1.807) is 6.92 Å². The van der Waals surface area contributed by atoms with E-state index in [1.165, 1.54) is 11.1 Å². The molecule has 0 spiro atoms. The van der Waals surface area contributed by atoms with E-state index in [-0.39, 0.29) is 41.7 Å². The number of hydrogen-bond donors (Lipinski definition) is 0. The third-order valence-electron chi connectivity index (χ3n) is 6.68. The van der Waals surface area contributed by atoms with Crippen molar-refractivity contribution in [3.8, 4) is 0 Å². The molecule has 1 saturated carbocycles. The highest BCUT2D eigenvalue weighted by molar-refractivity contribution is 6.11. The first kappa shape index (κ1) is 28.1. The molecule has 0 N–H and O–H groups in total. The number of ether oxygens (including phenoxy) is 1. The Balaban J connectivity index is 3.41. The van der Waals surface area contributed by atoms with Crippen molar-refractivity contribution in [1.29, 1.82) is 0 Å². The molecule has 32 heavy (non-hydrogen) atoms. The molecule has 180 valence electrons. The molecule has 0 heterocycles. The Morgan fingerprint density at radius 2 is 1.56 bits per heavy atom. The molecule has 0 aromatic heterocycles. The fourth-order valence-electron chi connectivity index (χ4n) is 4.65. The molecule has 0 amide bonds. The fourth-order valence-corrected chi connectivity index (χ4v) is 4.65. The zero-order valence-electron chi connectivity index (χ0n) is 21.6. The minimum atomic E-state index is -1.14. The number of carbonyl (C=O) groups excluding carboxylic acids is 3. The number of carbonyl (C=O) groups is 3. The van der Waals surface area contributed by atoms with Gasteiger partial charge in [0.05, 0.1) is 12.0 Å². The quantitative estimate of drug-likeness (QED) is 0.197. The summed E-state index contributed by atoms with van der Waals surface area (Å²) in [7, 11) is 0. The maximum Gasteiger partial charge on any atom is 0.305 e. The minimum absolute atomic E-state index is 0.00717. The lowest BCUT2D eigenvalue weighted by atomic mass is 9.53. The van der Waals surface area contributed by atoms with E-state index in [4.69, 9.17) is 4.74 Å². The van der Waals surface area contributed by atoms with Gasteiger partial charge in [-0.3, -0.25) is 14.4 Å². The molecule has 0 bridgehead atoms. The van der Waals surface area contributed by atoms with Gasteiger partial charge in [0.15, 0.2) is 5.78 Å². The van der Waals surface area contributed by atoms with Gasteiger partial charge in [-0.2, -0.15) is 0 Å². The molecule has 4 heteroatoms. The maximum atomic E-state index is 14.1. The zero-order chi connectivity index (χ0) is 24.5. The molecule has 1 aliphatic rings. The van der Waals surface area contributed by atoms with Crippen molar-refractivity contribution in [2.24, 2.45) is 16.7 Å². The van der Waals surface area contributed by atoms with Gasteiger partial charge in [-0.05, 0) is 86.0 Å². The lowest BCUT2D eigenvalue weighted by molar-refractivity contribution is -0.156. The average molecular weight is 445 g/mol. The molecule has 4 nitrogen and oxygen atoms in total. The monoisotopic (exact) mass is 444 g/mol. The van der Waals surface area contributed by atoms with Crippen molar-refractivity contribution in [2.45, 2.75) is 100 Å². The Labute approximate surface area is 195 Å². The SMILES string of the molecule is CCOC(=O)CC[C@@]1(CC=C(C)C)C(=O)C[C@](C)(CCC=C(C)C)[C@@H](CC=C(C)C)C1=O. The molecule has 1 fully saturated rings. The second kappa shape index (κ2) is 12.3. The smallest absolute Gasteiger partial charge is 0.305 e. The second-order valence-electron chi connectivity index (χ2n) is 10.4. The van der Waals surface area contributed by atoms with Crippen LogP contribution in [0.4, 0.5) is 0 Å². The minimum Gasteiger partial charge on any atom is -0.466 e. The Bertz CT molecular complexity index is 773. The van der Waals surface area contributed by atoms with Gasteiger partial charge >= 0.3 is 5.97 Å². The first-order valence-electron chi connectivity index (χ1n) is 12.0. The molecule has 0 saturated heterocycles. The predicted molar refractivity (Wildman–Crippen MR) is 131 cm³/mol. The molecular formula is C28H44O4. The predicted octanol–water partition coefficient (Wildman–Crippen LogP) is 6.94. The van der Waals surface area contributed by atoms with Crippen molar-refractivity contribution in [3.63, 3.8) is 0 Å². The van der Waals surface area contributed by atoms with Gasteiger partial charge in [0.2, 0.25) is 0 Å². The van der Waals surface area contributed by atoms with E-state index in [2.05, 4.69) is 32.9 Å². The number of Topliss-reactive ketones (excluding diaryl/α,β-unsaturated/α-hetero) is 2. The zero-order valence-corrected chi connectivity index (χ0v) is 21.6. The molecule has 0 aromatic rings. The summed E-state index contributed by atoms with van der Waals surface area (Å²) in [6, 6.07) is 0. The molecule has 1 aliphatic carbocycles. The fraction of sp³-hybridized carbons (Fsp3) is 0.679. The molecule has 0 aromatic carbocycles. The van der Waals surface area contributed by atoms with Gasteiger partial charge in [-0.25, -0.2) is 0 Å². The summed E-state index contributed by atoms with van der Waals surface area (Å²) in [5, 5.41) is 0. The Morgan fingerprint density at radius 1 is 0.969 bits per heavy atom. The number of rotatable bonds is 11. The molecule has 0 aliphatic heterocycles. The lowest BCUT2D eigenvalue weighted by Crippen LogP contribution is -2.54. The molecule has 3 atom stereocenters.